The molecule has 1 aliphatic rings. The van der Waals surface area contributed by atoms with E-state index in [1.165, 1.54) is 23.9 Å². The van der Waals surface area contributed by atoms with E-state index >= 15 is 0 Å². The number of methoxy groups -OCH3 is 1. The van der Waals surface area contributed by atoms with Crippen LogP contribution in [0.4, 0.5) is 13.2 Å². The lowest BCUT2D eigenvalue weighted by Gasteiger charge is -2.38. The Morgan fingerprint density at radius 1 is 1.25 bits per heavy atom. The average molecular weight is 430 g/mol. The minimum atomic E-state index is -4.34. The van der Waals surface area contributed by atoms with Gasteiger partial charge in [-0.05, 0) is 50.3 Å². The molecule has 28 heavy (non-hydrogen) atoms. The molecule has 3 rings (SSSR count). The van der Waals surface area contributed by atoms with Crippen molar-refractivity contribution in [3.05, 3.63) is 47.8 Å². The summed E-state index contributed by atoms with van der Waals surface area (Å²) in [7, 11) is 1.60. The third-order valence-corrected chi connectivity index (χ3v) is 6.76. The lowest BCUT2D eigenvalue weighted by molar-refractivity contribution is -0.137. The van der Waals surface area contributed by atoms with Crippen LogP contribution in [0.25, 0.3) is 0 Å². The molecule has 0 amide bonds. The van der Waals surface area contributed by atoms with Gasteiger partial charge < -0.3 is 9.47 Å². The van der Waals surface area contributed by atoms with Crippen molar-refractivity contribution < 1.29 is 22.6 Å². The molecule has 0 saturated carbocycles. The zero-order chi connectivity index (χ0) is 20.4. The van der Waals surface area contributed by atoms with Gasteiger partial charge in [-0.25, -0.2) is 0 Å². The van der Waals surface area contributed by atoms with E-state index in [-0.39, 0.29) is 10.9 Å². The molecule has 0 aliphatic carbocycles. The fourth-order valence-electron chi connectivity index (χ4n) is 3.21. The van der Waals surface area contributed by atoms with E-state index in [9.17, 15) is 13.2 Å². The number of benzene rings is 1. The van der Waals surface area contributed by atoms with E-state index < -0.39 is 11.7 Å². The zero-order valence-corrected chi connectivity index (χ0v) is 17.5. The van der Waals surface area contributed by atoms with E-state index in [0.717, 1.165) is 23.1 Å². The predicted octanol–water partition coefficient (Wildman–Crippen LogP) is 6.23. The first-order valence-corrected chi connectivity index (χ1v) is 10.8. The molecule has 2 heterocycles. The maximum atomic E-state index is 13.0. The van der Waals surface area contributed by atoms with Crippen LogP contribution in [-0.4, -0.2) is 29.7 Å². The summed E-state index contributed by atoms with van der Waals surface area (Å²) in [5, 5.41) is 0. The molecule has 0 bridgehead atoms. The van der Waals surface area contributed by atoms with Crippen molar-refractivity contribution in [3.63, 3.8) is 0 Å². The molecule has 0 radical (unpaired) electrons. The van der Waals surface area contributed by atoms with Crippen LogP contribution in [0.15, 0.2) is 46.3 Å². The second kappa shape index (κ2) is 8.55. The van der Waals surface area contributed by atoms with E-state index in [4.69, 9.17) is 9.47 Å². The van der Waals surface area contributed by atoms with Crippen molar-refractivity contribution in [2.75, 3.05) is 20.0 Å². The Morgan fingerprint density at radius 3 is 2.71 bits per heavy atom. The third kappa shape index (κ3) is 4.96. The Balaban J connectivity index is 1.81. The highest BCUT2D eigenvalue weighted by molar-refractivity contribution is 8.00. The normalized spacial score (nSPS) is 22.9. The first kappa shape index (κ1) is 21.3. The largest absolute Gasteiger partial charge is 0.495 e. The Hall–Kier alpha value is -1.38. The van der Waals surface area contributed by atoms with Gasteiger partial charge in [-0.1, -0.05) is 6.07 Å². The van der Waals surface area contributed by atoms with E-state index in [2.05, 4.69) is 11.9 Å². The standard InChI is InChI=1S/C20H22F3NO2S2/c1-19(28-14-6-4-5-13(9-14)20(21,22)23)7-8-26-17(11-19)18-16(25-2)10-15(27-3)12-24-18/h4-6,9-10,12,17H,7-8,11H2,1-3H3. The monoisotopic (exact) mass is 429 g/mol. The Labute approximate surface area is 171 Å². The molecule has 2 unspecified atom stereocenters. The number of aromatic nitrogens is 1. The van der Waals surface area contributed by atoms with Gasteiger partial charge in [0.1, 0.15) is 17.5 Å². The van der Waals surface area contributed by atoms with E-state index in [0.29, 0.717) is 23.7 Å². The second-order valence-electron chi connectivity index (χ2n) is 6.85. The number of rotatable bonds is 5. The molecule has 8 heteroatoms. The number of hydrogen-bond donors (Lipinski definition) is 0. The van der Waals surface area contributed by atoms with Crippen molar-refractivity contribution >= 4 is 23.5 Å². The molecule has 1 aromatic carbocycles. The highest BCUT2D eigenvalue weighted by Crippen LogP contribution is 2.47. The third-order valence-electron chi connectivity index (χ3n) is 4.71. The van der Waals surface area contributed by atoms with Crippen LogP contribution in [0, 0.1) is 0 Å². The minimum Gasteiger partial charge on any atom is -0.495 e. The van der Waals surface area contributed by atoms with Gasteiger partial charge in [-0.2, -0.15) is 13.2 Å². The quantitative estimate of drug-likeness (QED) is 0.526. The summed E-state index contributed by atoms with van der Waals surface area (Å²) in [5.74, 6) is 0.671. The summed E-state index contributed by atoms with van der Waals surface area (Å²) < 4.78 is 50.2. The van der Waals surface area contributed by atoms with Crippen LogP contribution in [-0.2, 0) is 10.9 Å². The smallest absolute Gasteiger partial charge is 0.416 e. The second-order valence-corrected chi connectivity index (χ2v) is 9.39. The fraction of sp³-hybridized carbons (Fsp3) is 0.450. The number of pyridine rings is 1. The van der Waals surface area contributed by atoms with Gasteiger partial charge in [0.05, 0.1) is 12.7 Å². The molecular formula is C20H22F3NO2S2. The molecule has 3 nitrogen and oxygen atoms in total. The molecule has 1 aromatic heterocycles. The highest BCUT2D eigenvalue weighted by atomic mass is 32.2. The number of hydrogen-bond acceptors (Lipinski definition) is 5. The van der Waals surface area contributed by atoms with Gasteiger partial charge in [-0.3, -0.25) is 4.98 Å². The number of halogens is 3. The van der Waals surface area contributed by atoms with Crippen molar-refractivity contribution in [1.29, 1.82) is 0 Å². The summed E-state index contributed by atoms with van der Waals surface area (Å²) in [4.78, 5) is 6.14. The van der Waals surface area contributed by atoms with Crippen molar-refractivity contribution in [3.8, 4) is 5.75 Å². The lowest BCUT2D eigenvalue weighted by Crippen LogP contribution is -2.32. The van der Waals surface area contributed by atoms with Gasteiger partial charge in [0.15, 0.2) is 0 Å². The Bertz CT molecular complexity index is 831. The van der Waals surface area contributed by atoms with Gasteiger partial charge in [0.2, 0.25) is 0 Å². The van der Waals surface area contributed by atoms with Crippen LogP contribution in [0.5, 0.6) is 5.75 Å². The minimum absolute atomic E-state index is 0.261. The topological polar surface area (TPSA) is 31.4 Å². The van der Waals surface area contributed by atoms with Crippen molar-refractivity contribution in [1.82, 2.24) is 4.98 Å². The lowest BCUT2D eigenvalue weighted by atomic mass is 9.94. The Kier molecular flexibility index (Phi) is 6.51. The summed E-state index contributed by atoms with van der Waals surface area (Å²) in [6.07, 6.45) is 0.536. The molecule has 0 N–H and O–H groups in total. The molecule has 0 spiro atoms. The summed E-state index contributed by atoms with van der Waals surface area (Å²) in [5.41, 5.74) is 0.108. The Morgan fingerprint density at radius 2 is 2.04 bits per heavy atom. The molecule has 2 atom stereocenters. The van der Waals surface area contributed by atoms with E-state index in [1.807, 2.05) is 12.3 Å². The summed E-state index contributed by atoms with van der Waals surface area (Å²) in [6.45, 7) is 2.58. The van der Waals surface area contributed by atoms with Crippen LogP contribution >= 0.6 is 23.5 Å². The van der Waals surface area contributed by atoms with Crippen LogP contribution in [0.1, 0.15) is 37.1 Å². The molecule has 1 saturated heterocycles. The maximum absolute atomic E-state index is 13.0. The summed E-state index contributed by atoms with van der Waals surface area (Å²) in [6, 6.07) is 7.43. The van der Waals surface area contributed by atoms with Crippen LogP contribution < -0.4 is 4.74 Å². The molecule has 1 fully saturated rings. The summed E-state index contributed by atoms with van der Waals surface area (Å²) >= 11 is 3.04. The number of alkyl halides is 3. The number of ether oxygens (including phenoxy) is 2. The average Bonchev–Trinajstić information content (AvgIpc) is 2.66. The number of nitrogens with zero attached hydrogens (tertiary/aromatic N) is 1. The predicted molar refractivity (Wildman–Crippen MR) is 106 cm³/mol. The SMILES string of the molecule is COc1cc(SC)cnc1C1CC(C)(Sc2cccc(C(F)(F)F)c2)CCO1. The van der Waals surface area contributed by atoms with Crippen molar-refractivity contribution in [2.45, 2.75) is 46.6 Å². The molecule has 2 aromatic rings. The molecule has 152 valence electrons. The molecular weight excluding hydrogens is 407 g/mol. The van der Waals surface area contributed by atoms with Crippen molar-refractivity contribution in [2.24, 2.45) is 0 Å². The van der Waals surface area contributed by atoms with Crippen LogP contribution in [0.2, 0.25) is 0 Å². The van der Waals surface area contributed by atoms with E-state index in [1.54, 1.807) is 31.1 Å². The highest BCUT2D eigenvalue weighted by Gasteiger charge is 2.37. The van der Waals surface area contributed by atoms with Gasteiger partial charge in [0, 0.05) is 27.3 Å². The molecule has 1 aliphatic heterocycles. The van der Waals surface area contributed by atoms with Gasteiger partial charge in [-0.15, -0.1) is 23.5 Å². The van der Waals surface area contributed by atoms with Gasteiger partial charge in [0.25, 0.3) is 0 Å². The van der Waals surface area contributed by atoms with Gasteiger partial charge >= 0.3 is 6.18 Å². The number of thioether (sulfide) groups is 2. The maximum Gasteiger partial charge on any atom is 0.416 e. The first-order chi connectivity index (χ1) is 13.2. The zero-order valence-electron chi connectivity index (χ0n) is 15.9. The van der Waals surface area contributed by atoms with Crippen LogP contribution in [0.3, 0.4) is 0 Å². The fourth-order valence-corrected chi connectivity index (χ4v) is 4.92. The first-order valence-electron chi connectivity index (χ1n) is 8.80.